The fourth-order valence-electron chi connectivity index (χ4n) is 5.84. The van der Waals surface area contributed by atoms with E-state index in [2.05, 4.69) is 49.8 Å². The molecule has 0 fully saturated rings. The van der Waals surface area contributed by atoms with Gasteiger partial charge in [0.25, 0.3) is 0 Å². The molecule has 0 saturated carbocycles. The third-order valence-corrected chi connectivity index (χ3v) is 9.47. The Kier molecular flexibility index (Phi) is 21.4. The Labute approximate surface area is 319 Å². The number of alkyl carbamates (subject to hydrolysis) is 1. The van der Waals surface area contributed by atoms with Crippen molar-refractivity contribution in [1.82, 2.24) is 24.8 Å². The number of ether oxygens (including phenoxy) is 3. The summed E-state index contributed by atoms with van der Waals surface area (Å²) in [4.78, 5) is 51.1. The molecule has 1 amide bonds. The van der Waals surface area contributed by atoms with Crippen molar-refractivity contribution in [3.8, 4) is 0 Å². The fourth-order valence-corrected chi connectivity index (χ4v) is 6.46. The Morgan fingerprint density at radius 3 is 2.00 bits per heavy atom. The minimum atomic E-state index is -0.870. The van der Waals surface area contributed by atoms with E-state index in [9.17, 15) is 14.4 Å². The predicted molar refractivity (Wildman–Crippen MR) is 210 cm³/mol. The molecule has 3 N–H and O–H groups in total. The van der Waals surface area contributed by atoms with Crippen LogP contribution in [0.25, 0.3) is 11.2 Å². The van der Waals surface area contributed by atoms with Crippen LogP contribution in [0.1, 0.15) is 151 Å². The number of nitrogens with two attached hydrogens (primary N) is 1. The Morgan fingerprint density at radius 2 is 1.45 bits per heavy atom. The SMILES string of the molecule is CCCCCCCCCCCCCCCCCC(=O)OCC(CCOC(=O)C(NC(=O)OC(C)(C)C)C(C)C)Cn1cnc2c(I)nc(N)nc21. The molecule has 2 heterocycles. The zero-order valence-electron chi connectivity index (χ0n) is 32.1. The molecular weight excluding hydrogens is 763 g/mol. The molecule has 2 aromatic heterocycles. The molecular formula is C38H65IN6O6. The van der Waals surface area contributed by atoms with Gasteiger partial charge in [-0.15, -0.1) is 0 Å². The molecule has 0 aliphatic heterocycles. The number of nitrogens with one attached hydrogen (secondary N) is 1. The molecule has 0 saturated heterocycles. The second-order valence-corrected chi connectivity index (χ2v) is 16.0. The van der Waals surface area contributed by atoms with Gasteiger partial charge in [0.05, 0.1) is 19.5 Å². The summed E-state index contributed by atoms with van der Waals surface area (Å²) in [6.45, 7) is 11.8. The van der Waals surface area contributed by atoms with Crippen molar-refractivity contribution in [2.24, 2.45) is 11.8 Å². The van der Waals surface area contributed by atoms with Crippen LogP contribution in [0.15, 0.2) is 6.33 Å². The summed E-state index contributed by atoms with van der Waals surface area (Å²) < 4.78 is 19.2. The molecule has 2 unspecified atom stereocenters. The van der Waals surface area contributed by atoms with Crippen molar-refractivity contribution in [3.05, 3.63) is 10.0 Å². The van der Waals surface area contributed by atoms with Crippen LogP contribution in [-0.4, -0.2) is 62.4 Å². The van der Waals surface area contributed by atoms with Crippen molar-refractivity contribution >= 4 is 57.7 Å². The highest BCUT2D eigenvalue weighted by Crippen LogP contribution is 2.20. The Morgan fingerprint density at radius 1 is 0.882 bits per heavy atom. The first kappa shape index (κ1) is 44.5. The standard InChI is InChI=1S/C38H65IN6O6/c1-7-8-9-10-11-12-13-14-15-16-17-18-19-20-21-22-30(46)50-26-29(25-45-27-41-32-33(39)43-36(40)44-34(32)45)23-24-49-35(47)31(28(2)3)42-37(48)51-38(4,5)6/h27-29,31H,7-26H2,1-6H3,(H,42,48)(H2,40,43,44). The van der Waals surface area contributed by atoms with E-state index in [0.29, 0.717) is 34.3 Å². The summed E-state index contributed by atoms with van der Waals surface area (Å²) in [6, 6.07) is -0.870. The molecule has 0 aliphatic rings. The number of esters is 2. The Balaban J connectivity index is 1.80. The highest BCUT2D eigenvalue weighted by Gasteiger charge is 2.28. The van der Waals surface area contributed by atoms with Crippen molar-refractivity contribution in [2.45, 2.75) is 169 Å². The van der Waals surface area contributed by atoms with E-state index in [-0.39, 0.29) is 37.0 Å². The van der Waals surface area contributed by atoms with Gasteiger partial charge in [-0.3, -0.25) is 4.79 Å². The highest BCUT2D eigenvalue weighted by molar-refractivity contribution is 14.1. The summed E-state index contributed by atoms with van der Waals surface area (Å²) in [5.41, 5.74) is 6.43. The molecule has 13 heteroatoms. The minimum Gasteiger partial charge on any atom is -0.465 e. The molecule has 0 aromatic carbocycles. The van der Waals surface area contributed by atoms with Crippen LogP contribution in [0.3, 0.4) is 0 Å². The lowest BCUT2D eigenvalue weighted by atomic mass is 10.0. The van der Waals surface area contributed by atoms with Crippen LogP contribution in [0.2, 0.25) is 0 Å². The van der Waals surface area contributed by atoms with Gasteiger partial charge in [0, 0.05) is 18.9 Å². The van der Waals surface area contributed by atoms with Crippen LogP contribution in [0, 0.1) is 15.5 Å². The molecule has 0 radical (unpaired) electrons. The number of hydrogen-bond donors (Lipinski definition) is 2. The molecule has 2 atom stereocenters. The van der Waals surface area contributed by atoms with Crippen LogP contribution < -0.4 is 11.1 Å². The molecule has 0 aliphatic carbocycles. The zero-order valence-corrected chi connectivity index (χ0v) is 34.3. The molecule has 0 spiro atoms. The second-order valence-electron chi connectivity index (χ2n) is 15.0. The molecule has 51 heavy (non-hydrogen) atoms. The second kappa shape index (κ2) is 24.5. The first-order chi connectivity index (χ1) is 24.3. The zero-order chi connectivity index (χ0) is 37.6. The van der Waals surface area contributed by atoms with E-state index in [1.54, 1.807) is 27.1 Å². The van der Waals surface area contributed by atoms with Gasteiger partial charge in [0.1, 0.15) is 20.9 Å². The number of rotatable bonds is 26. The van der Waals surface area contributed by atoms with Gasteiger partial charge in [-0.05, 0) is 62.1 Å². The van der Waals surface area contributed by atoms with Gasteiger partial charge < -0.3 is 29.8 Å². The van der Waals surface area contributed by atoms with E-state index < -0.39 is 23.7 Å². The molecule has 290 valence electrons. The normalized spacial score (nSPS) is 12.9. The van der Waals surface area contributed by atoms with Gasteiger partial charge in [-0.2, -0.15) is 4.98 Å². The van der Waals surface area contributed by atoms with Gasteiger partial charge in [-0.1, -0.05) is 111 Å². The number of carbonyl (C=O) groups excluding carboxylic acids is 3. The van der Waals surface area contributed by atoms with Crippen LogP contribution in [-0.2, 0) is 30.3 Å². The number of halogens is 1. The predicted octanol–water partition coefficient (Wildman–Crippen LogP) is 8.92. The van der Waals surface area contributed by atoms with E-state index in [4.69, 9.17) is 19.9 Å². The van der Waals surface area contributed by atoms with Gasteiger partial charge in [0.2, 0.25) is 5.95 Å². The number of anilines is 1. The lowest BCUT2D eigenvalue weighted by Gasteiger charge is -2.25. The van der Waals surface area contributed by atoms with Crippen LogP contribution >= 0.6 is 22.6 Å². The molecule has 2 aromatic rings. The number of carbonyl (C=O) groups is 3. The van der Waals surface area contributed by atoms with Gasteiger partial charge >= 0.3 is 18.0 Å². The molecule has 0 bridgehead atoms. The third-order valence-electron chi connectivity index (χ3n) is 8.72. The summed E-state index contributed by atoms with van der Waals surface area (Å²) >= 11 is 2.07. The summed E-state index contributed by atoms with van der Waals surface area (Å²) in [5, 5.41) is 2.63. The Hall–Kier alpha value is -2.71. The van der Waals surface area contributed by atoms with E-state index in [0.717, 1.165) is 19.3 Å². The number of imidazole rings is 1. The number of unbranched alkanes of at least 4 members (excludes halogenated alkanes) is 14. The number of amides is 1. The minimum absolute atomic E-state index is 0.0700. The monoisotopic (exact) mass is 828 g/mol. The maximum atomic E-state index is 13.0. The van der Waals surface area contributed by atoms with Gasteiger partial charge in [0.15, 0.2) is 5.65 Å². The lowest BCUT2D eigenvalue weighted by Crippen LogP contribution is -2.47. The van der Waals surface area contributed by atoms with E-state index in [1.165, 1.54) is 77.0 Å². The topological polar surface area (TPSA) is 161 Å². The summed E-state index contributed by atoms with van der Waals surface area (Å²) in [7, 11) is 0. The number of fused-ring (bicyclic) bond motifs is 1. The van der Waals surface area contributed by atoms with Crippen molar-refractivity contribution in [2.75, 3.05) is 18.9 Å². The van der Waals surface area contributed by atoms with Crippen LogP contribution in [0.4, 0.5) is 10.7 Å². The van der Waals surface area contributed by atoms with Crippen molar-refractivity contribution < 1.29 is 28.6 Å². The maximum Gasteiger partial charge on any atom is 0.408 e. The maximum absolute atomic E-state index is 13.0. The molecule has 12 nitrogen and oxygen atoms in total. The van der Waals surface area contributed by atoms with E-state index in [1.807, 2.05) is 18.4 Å². The van der Waals surface area contributed by atoms with Crippen molar-refractivity contribution in [1.29, 1.82) is 0 Å². The molecule has 2 rings (SSSR count). The summed E-state index contributed by atoms with van der Waals surface area (Å²) in [6.07, 6.45) is 20.8. The van der Waals surface area contributed by atoms with E-state index >= 15 is 0 Å². The largest absolute Gasteiger partial charge is 0.465 e. The van der Waals surface area contributed by atoms with Crippen molar-refractivity contribution in [3.63, 3.8) is 0 Å². The van der Waals surface area contributed by atoms with Crippen LogP contribution in [0.5, 0.6) is 0 Å². The number of aromatic nitrogens is 4. The first-order valence-electron chi connectivity index (χ1n) is 19.3. The number of nitrogens with zero attached hydrogens (tertiary/aromatic N) is 4. The quantitative estimate of drug-likeness (QED) is 0.0308. The Bertz CT molecular complexity index is 1310. The smallest absolute Gasteiger partial charge is 0.408 e. The lowest BCUT2D eigenvalue weighted by molar-refractivity contribution is -0.150. The number of nitrogen functional groups attached to an aromatic ring is 1. The fraction of sp³-hybridized carbons (Fsp3) is 0.789. The highest BCUT2D eigenvalue weighted by atomic mass is 127. The van der Waals surface area contributed by atoms with Gasteiger partial charge in [-0.25, -0.2) is 19.6 Å². The average molecular weight is 829 g/mol. The average Bonchev–Trinajstić information content (AvgIpc) is 3.45. The third kappa shape index (κ3) is 19.1. The summed E-state index contributed by atoms with van der Waals surface area (Å²) in [5.74, 6) is -1.06. The first-order valence-corrected chi connectivity index (χ1v) is 20.3. The number of hydrogen-bond acceptors (Lipinski definition) is 10.